The fourth-order valence-corrected chi connectivity index (χ4v) is 4.02. The van der Waals surface area contributed by atoms with Crippen molar-refractivity contribution in [2.45, 2.75) is 31.6 Å². The van der Waals surface area contributed by atoms with E-state index in [1.54, 1.807) is 30.3 Å². The minimum absolute atomic E-state index is 0.286. The molecule has 29 heavy (non-hydrogen) atoms. The molecule has 3 aromatic rings. The van der Waals surface area contributed by atoms with Crippen molar-refractivity contribution in [3.8, 4) is 30.3 Å². The molecule has 0 amide bonds. The Labute approximate surface area is 171 Å². The van der Waals surface area contributed by atoms with Crippen molar-refractivity contribution in [2.75, 3.05) is 0 Å². The molecule has 140 valence electrons. The molecule has 0 unspecified atom stereocenters. The standard InChI is InChI=1S/C27H20FN/c1-2-19-7-10-22(11-8-19)24-15-16-26-25(17-24)14-13-23(27(26)28)12-9-20-3-5-21(18-29)6-4-20/h1,3-6,13-17,19,22H,7-8,10-11H2. The highest BCUT2D eigenvalue weighted by Crippen LogP contribution is 2.36. The number of hydrogen-bond acceptors (Lipinski definition) is 1. The molecule has 0 bridgehead atoms. The van der Waals surface area contributed by atoms with Crippen LogP contribution >= 0.6 is 0 Å². The molecule has 1 aliphatic carbocycles. The highest BCUT2D eigenvalue weighted by Gasteiger charge is 2.21. The molecule has 1 nitrogen and oxygen atoms in total. The van der Waals surface area contributed by atoms with Crippen LogP contribution in [-0.2, 0) is 0 Å². The first-order valence-corrected chi connectivity index (χ1v) is 9.88. The van der Waals surface area contributed by atoms with E-state index in [9.17, 15) is 4.39 Å². The predicted octanol–water partition coefficient (Wildman–Crippen LogP) is 6.16. The Morgan fingerprint density at radius 3 is 2.28 bits per heavy atom. The van der Waals surface area contributed by atoms with Crippen LogP contribution in [0.15, 0.2) is 54.6 Å². The van der Waals surface area contributed by atoms with Crippen LogP contribution in [0.4, 0.5) is 4.39 Å². The van der Waals surface area contributed by atoms with E-state index in [0.29, 0.717) is 28.3 Å². The van der Waals surface area contributed by atoms with Crippen molar-refractivity contribution in [1.29, 1.82) is 5.26 Å². The van der Waals surface area contributed by atoms with Crippen LogP contribution in [0.5, 0.6) is 0 Å². The Kier molecular flexibility index (Phi) is 5.33. The first-order valence-electron chi connectivity index (χ1n) is 9.88. The first-order chi connectivity index (χ1) is 14.2. The molecule has 1 aliphatic rings. The topological polar surface area (TPSA) is 23.8 Å². The Morgan fingerprint density at radius 1 is 0.862 bits per heavy atom. The Hall–Kier alpha value is -3.54. The summed E-state index contributed by atoms with van der Waals surface area (Å²) in [5.74, 6) is 9.39. The zero-order chi connectivity index (χ0) is 20.2. The average molecular weight is 377 g/mol. The van der Waals surface area contributed by atoms with E-state index < -0.39 is 0 Å². The number of nitrogens with zero attached hydrogens (tertiary/aromatic N) is 1. The van der Waals surface area contributed by atoms with Gasteiger partial charge >= 0.3 is 0 Å². The monoisotopic (exact) mass is 377 g/mol. The van der Waals surface area contributed by atoms with Crippen LogP contribution in [0, 0.1) is 47.3 Å². The van der Waals surface area contributed by atoms with Gasteiger partial charge in [0.1, 0.15) is 5.82 Å². The van der Waals surface area contributed by atoms with E-state index in [4.69, 9.17) is 11.7 Å². The molecule has 0 radical (unpaired) electrons. The summed E-state index contributed by atoms with van der Waals surface area (Å²) >= 11 is 0. The van der Waals surface area contributed by atoms with E-state index in [-0.39, 0.29) is 5.82 Å². The van der Waals surface area contributed by atoms with Crippen molar-refractivity contribution < 1.29 is 4.39 Å². The van der Waals surface area contributed by atoms with Crippen LogP contribution in [0.1, 0.15) is 53.9 Å². The van der Waals surface area contributed by atoms with Crippen molar-refractivity contribution in [1.82, 2.24) is 0 Å². The van der Waals surface area contributed by atoms with Crippen molar-refractivity contribution >= 4 is 10.8 Å². The summed E-state index contributed by atoms with van der Waals surface area (Å²) < 4.78 is 15.0. The molecular weight excluding hydrogens is 357 g/mol. The number of nitriles is 1. The van der Waals surface area contributed by atoms with Gasteiger partial charge in [-0.3, -0.25) is 0 Å². The van der Waals surface area contributed by atoms with Gasteiger partial charge in [0, 0.05) is 16.9 Å². The summed E-state index contributed by atoms with van der Waals surface area (Å²) in [6.45, 7) is 0. The number of hydrogen-bond donors (Lipinski definition) is 0. The zero-order valence-electron chi connectivity index (χ0n) is 16.1. The van der Waals surface area contributed by atoms with E-state index in [2.05, 4.69) is 29.9 Å². The highest BCUT2D eigenvalue weighted by atomic mass is 19.1. The molecule has 1 fully saturated rings. The Balaban J connectivity index is 1.59. The van der Waals surface area contributed by atoms with Gasteiger partial charge in [-0.1, -0.05) is 36.1 Å². The number of benzene rings is 3. The highest BCUT2D eigenvalue weighted by molar-refractivity contribution is 5.85. The molecule has 2 heteroatoms. The van der Waals surface area contributed by atoms with Gasteiger partial charge in [-0.2, -0.15) is 5.26 Å². The summed E-state index contributed by atoms with van der Waals surface area (Å²) in [6.07, 6.45) is 9.87. The largest absolute Gasteiger partial charge is 0.205 e. The van der Waals surface area contributed by atoms with E-state index in [0.717, 1.165) is 36.6 Å². The lowest BCUT2D eigenvalue weighted by atomic mass is 9.78. The van der Waals surface area contributed by atoms with E-state index in [1.165, 1.54) is 5.56 Å². The van der Waals surface area contributed by atoms with Crippen LogP contribution in [0.3, 0.4) is 0 Å². The van der Waals surface area contributed by atoms with Crippen molar-refractivity contribution in [2.24, 2.45) is 5.92 Å². The van der Waals surface area contributed by atoms with Gasteiger partial charge in [-0.05, 0) is 72.9 Å². The summed E-state index contributed by atoms with van der Waals surface area (Å²) in [4.78, 5) is 0. The first kappa shape index (κ1) is 18.8. The molecule has 0 N–H and O–H groups in total. The van der Waals surface area contributed by atoms with Gasteiger partial charge in [-0.15, -0.1) is 12.3 Å². The molecule has 0 aromatic heterocycles. The summed E-state index contributed by atoms with van der Waals surface area (Å²) in [7, 11) is 0. The molecule has 1 saturated carbocycles. The molecule has 0 spiro atoms. The maximum atomic E-state index is 15.0. The second-order valence-electron chi connectivity index (χ2n) is 7.56. The summed E-state index contributed by atoms with van der Waals surface area (Å²) in [5.41, 5.74) is 2.98. The van der Waals surface area contributed by atoms with Gasteiger partial charge in [0.25, 0.3) is 0 Å². The lowest BCUT2D eigenvalue weighted by Crippen LogP contribution is -2.11. The number of terminal acetylenes is 1. The maximum Gasteiger partial charge on any atom is 0.146 e. The maximum absolute atomic E-state index is 15.0. The van der Waals surface area contributed by atoms with Gasteiger partial charge < -0.3 is 0 Å². The second kappa shape index (κ2) is 8.22. The fraction of sp³-hybridized carbons (Fsp3) is 0.222. The van der Waals surface area contributed by atoms with E-state index in [1.807, 2.05) is 18.2 Å². The third kappa shape index (κ3) is 4.01. The van der Waals surface area contributed by atoms with Crippen LogP contribution in [0.2, 0.25) is 0 Å². The molecule has 0 atom stereocenters. The normalized spacial score (nSPS) is 18.3. The van der Waals surface area contributed by atoms with Gasteiger partial charge in [-0.25, -0.2) is 4.39 Å². The Morgan fingerprint density at radius 2 is 1.59 bits per heavy atom. The zero-order valence-corrected chi connectivity index (χ0v) is 16.1. The summed E-state index contributed by atoms with van der Waals surface area (Å²) in [6, 6.07) is 18.7. The van der Waals surface area contributed by atoms with E-state index >= 15 is 0 Å². The molecule has 0 saturated heterocycles. The quantitative estimate of drug-likeness (QED) is 0.466. The lowest BCUT2D eigenvalue weighted by molar-refractivity contribution is 0.385. The van der Waals surface area contributed by atoms with Crippen LogP contribution < -0.4 is 0 Å². The van der Waals surface area contributed by atoms with Crippen LogP contribution in [0.25, 0.3) is 10.8 Å². The minimum atomic E-state index is -0.286. The predicted molar refractivity (Wildman–Crippen MR) is 115 cm³/mol. The average Bonchev–Trinajstić information content (AvgIpc) is 2.79. The molecule has 3 aromatic carbocycles. The van der Waals surface area contributed by atoms with Crippen LogP contribution in [-0.4, -0.2) is 0 Å². The number of halogens is 1. The number of rotatable bonds is 1. The molecular formula is C27H20FN. The van der Waals surface area contributed by atoms with Gasteiger partial charge in [0.15, 0.2) is 0 Å². The Bertz CT molecular complexity index is 1190. The SMILES string of the molecule is C#CC1CCC(c2ccc3c(F)c(C#Cc4ccc(C#N)cc4)ccc3c2)CC1. The minimum Gasteiger partial charge on any atom is -0.205 e. The fourth-order valence-electron chi connectivity index (χ4n) is 4.02. The van der Waals surface area contributed by atoms with Crippen molar-refractivity contribution in [3.63, 3.8) is 0 Å². The van der Waals surface area contributed by atoms with Gasteiger partial charge in [0.05, 0.1) is 17.2 Å². The third-order valence-electron chi connectivity index (χ3n) is 5.77. The van der Waals surface area contributed by atoms with Gasteiger partial charge in [0.2, 0.25) is 0 Å². The second-order valence-corrected chi connectivity index (χ2v) is 7.56. The molecule has 0 heterocycles. The van der Waals surface area contributed by atoms with Crippen molar-refractivity contribution in [3.05, 3.63) is 82.7 Å². The third-order valence-corrected chi connectivity index (χ3v) is 5.77. The summed E-state index contributed by atoms with van der Waals surface area (Å²) in [5, 5.41) is 10.4. The molecule has 4 rings (SSSR count). The smallest absolute Gasteiger partial charge is 0.146 e. The molecule has 0 aliphatic heterocycles. The number of fused-ring (bicyclic) bond motifs is 1. The lowest BCUT2D eigenvalue weighted by Gasteiger charge is -2.26.